The lowest BCUT2D eigenvalue weighted by Gasteiger charge is -2.37. The molecule has 0 aliphatic carbocycles. The zero-order valence-electron chi connectivity index (χ0n) is 16.1. The van der Waals surface area contributed by atoms with Crippen molar-refractivity contribution >= 4 is 23.0 Å². The number of rotatable bonds is 5. The highest BCUT2D eigenvalue weighted by molar-refractivity contribution is 7.90. The number of hydrogen-bond acceptors (Lipinski definition) is 5. The number of piperazine rings is 1. The normalized spacial score (nSPS) is 16.3. The maximum atomic E-state index is 14.3. The quantitative estimate of drug-likeness (QED) is 0.706. The van der Waals surface area contributed by atoms with Crippen molar-refractivity contribution in [2.75, 3.05) is 49.7 Å². The fourth-order valence-electron chi connectivity index (χ4n) is 2.60. The third-order valence-corrected chi connectivity index (χ3v) is 4.64. The summed E-state index contributed by atoms with van der Waals surface area (Å²) < 4.78 is 49.9. The average Bonchev–Trinajstić information content (AvgIpc) is 2.55. The second kappa shape index (κ2) is 8.97. The number of carbonyl (C=O) groups excluding carboxylic acids is 1. The van der Waals surface area contributed by atoms with Crippen molar-refractivity contribution in [3.63, 3.8) is 0 Å². The first-order valence-corrected chi connectivity index (χ1v) is 10.4. The molecule has 1 atom stereocenters. The Morgan fingerprint density at radius 1 is 1.19 bits per heavy atom. The standard InChI is InChI=1S/C18H26F2N2O4S/c1-18(2,3)26-17(23)22-7-5-21(6-8-22)15-12-16(14(20)11-13(15)19)25-9-10-27(4)24/h11-12H,5-10H2,1-4H3. The molecule has 0 saturated carbocycles. The van der Waals surface area contributed by atoms with Crippen LogP contribution in [0.15, 0.2) is 12.1 Å². The number of ether oxygens (including phenoxy) is 2. The fourth-order valence-corrected chi connectivity index (χ4v) is 2.91. The van der Waals surface area contributed by atoms with Crippen molar-refractivity contribution in [2.45, 2.75) is 26.4 Å². The number of halogens is 2. The molecule has 2 rings (SSSR count). The van der Waals surface area contributed by atoms with Crippen LogP contribution in [-0.4, -0.2) is 65.9 Å². The molecule has 1 aliphatic heterocycles. The topological polar surface area (TPSA) is 65.1 Å². The Labute approximate surface area is 161 Å². The average molecular weight is 404 g/mol. The molecule has 1 heterocycles. The third-order valence-electron chi connectivity index (χ3n) is 3.90. The van der Waals surface area contributed by atoms with Gasteiger partial charge in [-0.15, -0.1) is 0 Å². The molecule has 0 N–H and O–H groups in total. The predicted octanol–water partition coefficient (Wildman–Crippen LogP) is 2.78. The van der Waals surface area contributed by atoms with Crippen LogP contribution in [0.2, 0.25) is 0 Å². The van der Waals surface area contributed by atoms with Crippen molar-refractivity contribution in [3.05, 3.63) is 23.8 Å². The van der Waals surface area contributed by atoms with Gasteiger partial charge in [0.1, 0.15) is 23.8 Å². The van der Waals surface area contributed by atoms with E-state index in [1.165, 1.54) is 12.3 Å². The molecule has 1 aromatic carbocycles. The van der Waals surface area contributed by atoms with Crippen LogP contribution >= 0.6 is 0 Å². The second-order valence-corrected chi connectivity index (χ2v) is 8.87. The van der Waals surface area contributed by atoms with E-state index in [0.29, 0.717) is 26.2 Å². The van der Waals surface area contributed by atoms with Crippen molar-refractivity contribution in [3.8, 4) is 5.75 Å². The van der Waals surface area contributed by atoms with E-state index in [1.807, 2.05) is 0 Å². The zero-order chi connectivity index (χ0) is 20.2. The van der Waals surface area contributed by atoms with Gasteiger partial charge in [0.2, 0.25) is 0 Å². The Morgan fingerprint density at radius 2 is 1.81 bits per heavy atom. The van der Waals surface area contributed by atoms with Crippen LogP contribution in [0.3, 0.4) is 0 Å². The molecule has 6 nitrogen and oxygen atoms in total. The van der Waals surface area contributed by atoms with Crippen molar-refractivity contribution in [1.82, 2.24) is 4.90 Å². The smallest absolute Gasteiger partial charge is 0.410 e. The Balaban J connectivity index is 2.01. The van der Waals surface area contributed by atoms with Crippen LogP contribution in [0.4, 0.5) is 19.3 Å². The highest BCUT2D eigenvalue weighted by Crippen LogP contribution is 2.29. The van der Waals surface area contributed by atoms with E-state index in [2.05, 4.69) is 0 Å². The monoisotopic (exact) mass is 404 g/mol. The minimum atomic E-state index is -1.06. The van der Waals surface area contributed by atoms with E-state index < -0.39 is 34.5 Å². The number of carbonyl (C=O) groups is 1. The van der Waals surface area contributed by atoms with Crippen LogP contribution in [0.5, 0.6) is 5.75 Å². The molecule has 1 unspecified atom stereocenters. The third kappa shape index (κ3) is 6.42. The molecule has 1 fully saturated rings. The first-order chi connectivity index (χ1) is 12.6. The van der Waals surface area contributed by atoms with Crippen molar-refractivity contribution in [2.24, 2.45) is 0 Å². The Morgan fingerprint density at radius 3 is 2.37 bits per heavy atom. The molecule has 152 valence electrons. The number of amides is 1. The van der Waals surface area contributed by atoms with Gasteiger partial charge in [-0.3, -0.25) is 0 Å². The first-order valence-electron chi connectivity index (χ1n) is 8.71. The van der Waals surface area contributed by atoms with E-state index in [4.69, 9.17) is 9.47 Å². The van der Waals surface area contributed by atoms with Crippen LogP contribution in [-0.2, 0) is 15.9 Å². The Hall–Kier alpha value is -1.74. The van der Waals surface area contributed by atoms with E-state index in [9.17, 15) is 18.1 Å². The summed E-state index contributed by atoms with van der Waals surface area (Å²) in [5.74, 6) is -1.30. The molecule has 27 heavy (non-hydrogen) atoms. The fraction of sp³-hybridized carbons (Fsp3) is 0.611. The predicted molar refractivity (Wildman–Crippen MR) is 101 cm³/mol. The van der Waals surface area contributed by atoms with E-state index in [0.717, 1.165) is 6.07 Å². The van der Waals surface area contributed by atoms with Crippen LogP contribution < -0.4 is 9.64 Å². The van der Waals surface area contributed by atoms with Crippen LogP contribution in [0.25, 0.3) is 0 Å². The van der Waals surface area contributed by atoms with Gasteiger partial charge in [0, 0.05) is 38.3 Å². The summed E-state index contributed by atoms with van der Waals surface area (Å²) in [6, 6.07) is 2.10. The maximum absolute atomic E-state index is 14.3. The van der Waals surface area contributed by atoms with E-state index >= 15 is 0 Å². The van der Waals surface area contributed by atoms with Gasteiger partial charge in [-0.1, -0.05) is 11.2 Å². The maximum Gasteiger partial charge on any atom is 0.410 e. The second-order valence-electron chi connectivity index (χ2n) is 7.31. The van der Waals surface area contributed by atoms with Gasteiger partial charge in [-0.2, -0.15) is 0 Å². The Kier molecular flexibility index (Phi) is 7.16. The largest absolute Gasteiger partial charge is 0.616 e. The van der Waals surface area contributed by atoms with E-state index in [1.54, 1.807) is 30.6 Å². The van der Waals surface area contributed by atoms with Crippen LogP contribution in [0, 0.1) is 11.6 Å². The number of anilines is 1. The van der Waals surface area contributed by atoms with Crippen LogP contribution in [0.1, 0.15) is 20.8 Å². The van der Waals surface area contributed by atoms with Crippen molar-refractivity contribution < 1.29 is 27.6 Å². The summed E-state index contributed by atoms with van der Waals surface area (Å²) in [4.78, 5) is 15.4. The van der Waals surface area contributed by atoms with Gasteiger partial charge in [0.05, 0.1) is 11.9 Å². The molecule has 9 heteroatoms. The van der Waals surface area contributed by atoms with Gasteiger partial charge in [0.25, 0.3) is 0 Å². The van der Waals surface area contributed by atoms with Gasteiger partial charge < -0.3 is 23.8 Å². The summed E-state index contributed by atoms with van der Waals surface area (Å²) in [6.07, 6.45) is 1.12. The highest BCUT2D eigenvalue weighted by atomic mass is 32.2. The van der Waals surface area contributed by atoms with Gasteiger partial charge in [0.15, 0.2) is 11.6 Å². The minimum Gasteiger partial charge on any atom is -0.616 e. The summed E-state index contributed by atoms with van der Waals surface area (Å²) in [5, 5.41) is 0. The number of benzene rings is 1. The molecule has 0 radical (unpaired) electrons. The summed E-state index contributed by atoms with van der Waals surface area (Å²) in [6.45, 7) is 6.99. The molecular formula is C18H26F2N2O4S. The van der Waals surface area contributed by atoms with E-state index in [-0.39, 0.29) is 23.8 Å². The zero-order valence-corrected chi connectivity index (χ0v) is 16.9. The molecule has 1 saturated heterocycles. The van der Waals surface area contributed by atoms with Gasteiger partial charge >= 0.3 is 6.09 Å². The van der Waals surface area contributed by atoms with Gasteiger partial charge in [-0.25, -0.2) is 13.6 Å². The molecular weight excluding hydrogens is 378 g/mol. The Bertz CT molecular complexity index is 659. The molecule has 1 aliphatic rings. The first kappa shape index (κ1) is 21.6. The lowest BCUT2D eigenvalue weighted by atomic mass is 10.2. The molecule has 0 bridgehead atoms. The molecule has 0 spiro atoms. The summed E-state index contributed by atoms with van der Waals surface area (Å²) in [7, 11) is 0. The lowest BCUT2D eigenvalue weighted by molar-refractivity contribution is 0.0240. The van der Waals surface area contributed by atoms with Crippen molar-refractivity contribution in [1.29, 1.82) is 0 Å². The minimum absolute atomic E-state index is 0.0774. The highest BCUT2D eigenvalue weighted by Gasteiger charge is 2.27. The summed E-state index contributed by atoms with van der Waals surface area (Å²) >= 11 is -1.06. The summed E-state index contributed by atoms with van der Waals surface area (Å²) in [5.41, 5.74) is -0.362. The SMILES string of the molecule is C[S+]([O-])CCOc1cc(N2CCN(C(=O)OC(C)(C)C)CC2)c(F)cc1F. The number of hydrogen-bond donors (Lipinski definition) is 0. The lowest BCUT2D eigenvalue weighted by Crippen LogP contribution is -2.50. The molecule has 1 aromatic rings. The molecule has 1 amide bonds. The van der Waals surface area contributed by atoms with Gasteiger partial charge in [-0.05, 0) is 20.8 Å². The number of nitrogens with zero attached hydrogens (tertiary/aromatic N) is 2. The molecule has 0 aromatic heterocycles.